The molecule has 26 heavy (non-hydrogen) atoms. The Hall–Kier alpha value is -2.39. The van der Waals surface area contributed by atoms with Gasteiger partial charge in [0, 0.05) is 24.7 Å². The number of rotatable bonds is 2. The molecule has 2 aromatic carbocycles. The third-order valence-electron chi connectivity index (χ3n) is 6.35. The van der Waals surface area contributed by atoms with Crippen molar-refractivity contribution in [3.05, 3.63) is 71.3 Å². The van der Waals surface area contributed by atoms with Crippen molar-refractivity contribution in [2.75, 3.05) is 20.6 Å². The summed E-state index contributed by atoms with van der Waals surface area (Å²) in [7, 11) is 4.46. The molecule has 2 aliphatic rings. The number of likely N-dealkylation sites (N-methyl/N-ethyl adjacent to an activating group) is 1. The molecule has 2 bridgehead atoms. The maximum absolute atomic E-state index is 13.2. The molecule has 1 saturated heterocycles. The predicted octanol–water partition coefficient (Wildman–Crippen LogP) is 3.93. The third kappa shape index (κ3) is 2.86. The van der Waals surface area contributed by atoms with Crippen LogP contribution in [0.5, 0.6) is 5.75 Å². The van der Waals surface area contributed by atoms with E-state index in [4.69, 9.17) is 0 Å². The van der Waals surface area contributed by atoms with Gasteiger partial charge in [0.2, 0.25) is 0 Å². The van der Waals surface area contributed by atoms with Gasteiger partial charge in [0.15, 0.2) is 5.78 Å². The minimum Gasteiger partial charge on any atom is -0.508 e. The van der Waals surface area contributed by atoms with Crippen molar-refractivity contribution in [3.63, 3.8) is 0 Å². The smallest absolute Gasteiger partial charge is 0.165 e. The van der Waals surface area contributed by atoms with Gasteiger partial charge in [-0.1, -0.05) is 42.5 Å². The molecule has 3 heteroatoms. The van der Waals surface area contributed by atoms with Gasteiger partial charge in [0.25, 0.3) is 0 Å². The summed E-state index contributed by atoms with van der Waals surface area (Å²) in [6.07, 6.45) is 4.55. The number of aromatic hydroxyl groups is 1. The molecule has 2 fully saturated rings. The van der Waals surface area contributed by atoms with Crippen molar-refractivity contribution in [3.8, 4) is 5.75 Å². The molecule has 4 rings (SSSR count). The van der Waals surface area contributed by atoms with Crippen LogP contribution in [-0.2, 0) is 10.2 Å². The topological polar surface area (TPSA) is 37.3 Å². The van der Waals surface area contributed by atoms with Crippen LogP contribution in [0, 0.1) is 0 Å². The molecule has 1 heterocycles. The number of carbonyl (C=O) groups is 1. The first-order chi connectivity index (χ1) is 12.4. The van der Waals surface area contributed by atoms with E-state index in [1.165, 1.54) is 0 Å². The molecule has 3 nitrogen and oxygen atoms in total. The minimum absolute atomic E-state index is 0.151. The largest absolute Gasteiger partial charge is 0.508 e. The molecule has 0 radical (unpaired) electrons. The molecule has 0 amide bonds. The molecule has 0 unspecified atom stereocenters. The average molecular weight is 348 g/mol. The van der Waals surface area contributed by atoms with Crippen LogP contribution in [0.15, 0.2) is 60.2 Å². The van der Waals surface area contributed by atoms with Crippen LogP contribution in [0.4, 0.5) is 0 Å². The van der Waals surface area contributed by atoms with E-state index in [-0.39, 0.29) is 23.0 Å². The number of ketones is 1. The number of nitrogens with zero attached hydrogens (tertiary/aromatic N) is 1. The number of Topliss-reactive ketones (excluding diaryl/α,β-unsaturated/α-hetero) is 1. The molecule has 2 atom stereocenters. The quantitative estimate of drug-likeness (QED) is 0.660. The molecule has 0 aromatic heterocycles. The summed E-state index contributed by atoms with van der Waals surface area (Å²) in [6, 6.07) is 17.8. The second-order valence-corrected chi connectivity index (χ2v) is 8.41. The first kappa shape index (κ1) is 17.0. The number of fused-ring (bicyclic) bond motifs is 2. The Kier molecular flexibility index (Phi) is 4.00. The van der Waals surface area contributed by atoms with Crippen molar-refractivity contribution < 1.29 is 14.4 Å². The summed E-state index contributed by atoms with van der Waals surface area (Å²) in [5, 5.41) is 9.95. The maximum Gasteiger partial charge on any atom is 0.165 e. The van der Waals surface area contributed by atoms with Crippen LogP contribution in [0.2, 0.25) is 0 Å². The molecule has 1 N–H and O–H groups in total. The highest BCUT2D eigenvalue weighted by atomic mass is 16.3. The van der Waals surface area contributed by atoms with E-state index in [0.717, 1.165) is 40.6 Å². The van der Waals surface area contributed by atoms with Gasteiger partial charge in [0.1, 0.15) is 11.8 Å². The van der Waals surface area contributed by atoms with Gasteiger partial charge in [-0.05, 0) is 29.3 Å². The molecular formula is C23H26NO2+. The lowest BCUT2D eigenvalue weighted by Crippen LogP contribution is -2.62. The Bertz CT molecular complexity index is 869. The van der Waals surface area contributed by atoms with E-state index in [1.54, 1.807) is 6.07 Å². The summed E-state index contributed by atoms with van der Waals surface area (Å²) < 4.78 is 0.838. The molecule has 0 spiro atoms. The van der Waals surface area contributed by atoms with Crippen LogP contribution < -0.4 is 0 Å². The van der Waals surface area contributed by atoms with Gasteiger partial charge in [-0.2, -0.15) is 0 Å². The number of hydrogen-bond donors (Lipinski definition) is 1. The fourth-order valence-corrected chi connectivity index (χ4v) is 4.73. The van der Waals surface area contributed by atoms with Gasteiger partial charge in [-0.15, -0.1) is 0 Å². The van der Waals surface area contributed by atoms with E-state index in [1.807, 2.05) is 30.3 Å². The number of likely N-dealkylation sites (tertiary alicyclic amines) is 1. The van der Waals surface area contributed by atoms with E-state index < -0.39 is 0 Å². The predicted molar refractivity (Wildman–Crippen MR) is 104 cm³/mol. The summed E-state index contributed by atoms with van der Waals surface area (Å²) in [5.74, 6) is 0.533. The summed E-state index contributed by atoms with van der Waals surface area (Å²) in [5.41, 5.74) is 3.00. The van der Waals surface area contributed by atoms with Crippen molar-refractivity contribution in [1.82, 2.24) is 0 Å². The Morgan fingerprint density at radius 3 is 2.62 bits per heavy atom. The first-order valence-corrected chi connectivity index (χ1v) is 9.32. The second kappa shape index (κ2) is 6.10. The van der Waals surface area contributed by atoms with Gasteiger partial charge in [-0.3, -0.25) is 4.79 Å². The van der Waals surface area contributed by atoms with Crippen molar-refractivity contribution >= 4 is 11.9 Å². The Labute approximate surface area is 155 Å². The Balaban J connectivity index is 1.78. The van der Waals surface area contributed by atoms with Crippen LogP contribution in [0.1, 0.15) is 30.4 Å². The highest BCUT2D eigenvalue weighted by Crippen LogP contribution is 2.49. The van der Waals surface area contributed by atoms with Crippen LogP contribution in [0.3, 0.4) is 0 Å². The Morgan fingerprint density at radius 2 is 1.88 bits per heavy atom. The van der Waals surface area contributed by atoms with Crippen molar-refractivity contribution in [2.45, 2.75) is 30.7 Å². The van der Waals surface area contributed by atoms with Crippen LogP contribution in [0.25, 0.3) is 6.08 Å². The number of piperidine rings is 1. The fourth-order valence-electron chi connectivity index (χ4n) is 4.73. The fraction of sp³-hybridized carbons (Fsp3) is 0.348. The van der Waals surface area contributed by atoms with Gasteiger partial charge in [0.05, 0.1) is 26.2 Å². The first-order valence-electron chi connectivity index (χ1n) is 9.32. The molecule has 2 aromatic rings. The summed E-state index contributed by atoms with van der Waals surface area (Å²) in [4.78, 5) is 13.2. The summed E-state index contributed by atoms with van der Waals surface area (Å²) in [6.45, 7) is 1.03. The van der Waals surface area contributed by atoms with Gasteiger partial charge in [-0.25, -0.2) is 0 Å². The van der Waals surface area contributed by atoms with E-state index in [9.17, 15) is 9.90 Å². The number of benzene rings is 2. The van der Waals surface area contributed by atoms with Gasteiger partial charge >= 0.3 is 0 Å². The normalized spacial score (nSPS) is 28.9. The lowest BCUT2D eigenvalue weighted by molar-refractivity contribution is -0.916. The number of hydrogen-bond acceptors (Lipinski definition) is 2. The zero-order chi connectivity index (χ0) is 18.4. The number of phenolic OH excluding ortho intramolecular Hbond substituents is 1. The zero-order valence-electron chi connectivity index (χ0n) is 15.5. The average Bonchev–Trinajstić information content (AvgIpc) is 2.62. The molecular weight excluding hydrogens is 322 g/mol. The van der Waals surface area contributed by atoms with E-state index >= 15 is 0 Å². The molecule has 134 valence electrons. The zero-order valence-corrected chi connectivity index (χ0v) is 15.5. The SMILES string of the molecule is C[N+]1(C)CC[C@@]2(c3cccc(O)c3)CC(=O)/C(=C/c3ccccc3)[C@@H]1C2. The highest BCUT2D eigenvalue weighted by molar-refractivity contribution is 6.02. The van der Waals surface area contributed by atoms with E-state index in [0.29, 0.717) is 6.42 Å². The number of carbonyl (C=O) groups excluding carboxylic acids is 1. The third-order valence-corrected chi connectivity index (χ3v) is 6.35. The van der Waals surface area contributed by atoms with Crippen molar-refractivity contribution in [2.24, 2.45) is 0 Å². The van der Waals surface area contributed by atoms with Crippen LogP contribution >= 0.6 is 0 Å². The monoisotopic (exact) mass is 348 g/mol. The molecule has 1 aliphatic carbocycles. The lowest BCUT2D eigenvalue weighted by atomic mass is 9.61. The molecule has 1 aliphatic heterocycles. The van der Waals surface area contributed by atoms with E-state index in [2.05, 4.69) is 38.4 Å². The lowest BCUT2D eigenvalue weighted by Gasteiger charge is -2.53. The minimum atomic E-state index is -0.151. The van der Waals surface area contributed by atoms with Crippen LogP contribution in [-0.4, -0.2) is 42.1 Å². The highest BCUT2D eigenvalue weighted by Gasteiger charge is 2.53. The molecule has 1 saturated carbocycles. The maximum atomic E-state index is 13.2. The van der Waals surface area contributed by atoms with Crippen molar-refractivity contribution in [1.29, 1.82) is 0 Å². The van der Waals surface area contributed by atoms with Gasteiger partial charge < -0.3 is 9.59 Å². The number of quaternary nitrogens is 1. The standard InChI is InChI=1S/C23H25NO2/c1-24(2)12-11-23(18-9-6-10-19(25)14-18)15-21(24)20(22(26)16-23)13-17-7-4-3-5-8-17/h3-10,13-14,21H,11-12,15-16H2,1-2H3/p+1/b20-13+/t21-,23-/m0/s1. The number of phenols is 1. The Morgan fingerprint density at radius 1 is 1.12 bits per heavy atom. The summed E-state index contributed by atoms with van der Waals surface area (Å²) >= 11 is 0. The second-order valence-electron chi connectivity index (χ2n) is 8.41.